The van der Waals surface area contributed by atoms with Crippen molar-refractivity contribution in [3.05, 3.63) is 47.2 Å². The number of amides is 1. The molecule has 0 saturated heterocycles. The fraction of sp³-hybridized carbons (Fsp3) is 0.412. The number of aryl methyl sites for hydroxylation is 1. The summed E-state index contributed by atoms with van der Waals surface area (Å²) in [5, 5.41) is 7.67. The van der Waals surface area contributed by atoms with Gasteiger partial charge < -0.3 is 10.1 Å². The van der Waals surface area contributed by atoms with E-state index in [9.17, 15) is 4.79 Å². The second kappa shape index (κ2) is 7.51. The summed E-state index contributed by atoms with van der Waals surface area (Å²) in [4.78, 5) is 12.0. The van der Waals surface area contributed by atoms with Gasteiger partial charge in [0.1, 0.15) is 5.75 Å². The Bertz CT molecular complexity index is 671. The van der Waals surface area contributed by atoms with Crippen LogP contribution >= 0.6 is 11.6 Å². The number of hydrogen-bond acceptors (Lipinski definition) is 3. The number of ether oxygens (including phenoxy) is 1. The van der Waals surface area contributed by atoms with Gasteiger partial charge in [-0.15, -0.1) is 0 Å². The average Bonchev–Trinajstić information content (AvgIpc) is 2.86. The van der Waals surface area contributed by atoms with E-state index in [0.717, 1.165) is 18.6 Å². The number of rotatable bonds is 5. The lowest BCUT2D eigenvalue weighted by molar-refractivity contribution is -0.121. The van der Waals surface area contributed by atoms with E-state index in [4.69, 9.17) is 16.3 Å². The van der Waals surface area contributed by atoms with Crippen molar-refractivity contribution in [2.24, 2.45) is 5.92 Å². The van der Waals surface area contributed by atoms with Gasteiger partial charge in [-0.25, -0.2) is 0 Å². The molecule has 23 heavy (non-hydrogen) atoms. The first-order valence-electron chi connectivity index (χ1n) is 7.86. The van der Waals surface area contributed by atoms with E-state index in [1.54, 1.807) is 17.1 Å². The van der Waals surface area contributed by atoms with Crippen molar-refractivity contribution in [2.45, 2.75) is 25.8 Å². The van der Waals surface area contributed by atoms with Crippen molar-refractivity contribution in [2.75, 3.05) is 13.2 Å². The third-order valence-electron chi connectivity index (χ3n) is 4.02. The van der Waals surface area contributed by atoms with Crippen molar-refractivity contribution >= 4 is 17.5 Å². The summed E-state index contributed by atoms with van der Waals surface area (Å²) in [6, 6.07) is 8.11. The monoisotopic (exact) mass is 333 g/mol. The smallest absolute Gasteiger partial charge is 0.221 e. The van der Waals surface area contributed by atoms with Crippen LogP contribution in [-0.2, 0) is 17.8 Å². The van der Waals surface area contributed by atoms with E-state index >= 15 is 0 Å². The second-order valence-corrected chi connectivity index (χ2v) is 6.23. The number of para-hydroxylation sites is 1. The van der Waals surface area contributed by atoms with Gasteiger partial charge in [-0.1, -0.05) is 29.8 Å². The van der Waals surface area contributed by atoms with Gasteiger partial charge in [-0.3, -0.25) is 9.48 Å². The van der Waals surface area contributed by atoms with E-state index < -0.39 is 0 Å². The Balaban J connectivity index is 1.45. The zero-order valence-corrected chi connectivity index (χ0v) is 13.6. The maximum atomic E-state index is 12.0. The first kappa shape index (κ1) is 15.9. The highest BCUT2D eigenvalue weighted by Gasteiger charge is 2.18. The van der Waals surface area contributed by atoms with Crippen LogP contribution in [0.2, 0.25) is 5.02 Å². The van der Waals surface area contributed by atoms with Crippen molar-refractivity contribution in [3.8, 4) is 5.75 Å². The Labute approximate surface area is 140 Å². The molecule has 5 nitrogen and oxygen atoms in total. The number of fused-ring (bicyclic) bond motifs is 1. The number of nitrogens with one attached hydrogen (secondary N) is 1. The molecule has 0 radical (unpaired) electrons. The van der Waals surface area contributed by atoms with Crippen molar-refractivity contribution in [1.82, 2.24) is 15.1 Å². The van der Waals surface area contributed by atoms with Gasteiger partial charge in [0.25, 0.3) is 0 Å². The highest BCUT2D eigenvalue weighted by atomic mass is 35.5. The number of nitrogens with zero attached hydrogens (tertiary/aromatic N) is 2. The minimum absolute atomic E-state index is 0.0371. The summed E-state index contributed by atoms with van der Waals surface area (Å²) >= 11 is 5.80. The minimum atomic E-state index is 0.0371. The van der Waals surface area contributed by atoms with E-state index in [-0.39, 0.29) is 5.91 Å². The standard InChI is InChI=1S/C17H20ClN3O2/c18-15-11-20-21(12-15)7-5-17(22)19-10-13-6-8-23-16-4-2-1-3-14(16)9-13/h1-4,11-13H,5-10H2,(H,19,22)/t13-/m0/s1. The summed E-state index contributed by atoms with van der Waals surface area (Å²) in [5.74, 6) is 1.41. The molecule has 1 aromatic carbocycles. The van der Waals surface area contributed by atoms with Crippen LogP contribution in [0.5, 0.6) is 5.75 Å². The van der Waals surface area contributed by atoms with E-state index in [0.29, 0.717) is 37.1 Å². The van der Waals surface area contributed by atoms with Crippen LogP contribution in [0.15, 0.2) is 36.7 Å². The Hall–Kier alpha value is -2.01. The van der Waals surface area contributed by atoms with Gasteiger partial charge in [0.2, 0.25) is 5.91 Å². The maximum absolute atomic E-state index is 12.0. The Morgan fingerprint density at radius 1 is 1.43 bits per heavy atom. The summed E-state index contributed by atoms with van der Waals surface area (Å²) in [7, 11) is 0. The second-order valence-electron chi connectivity index (χ2n) is 5.79. The highest BCUT2D eigenvalue weighted by molar-refractivity contribution is 6.30. The van der Waals surface area contributed by atoms with Crippen LogP contribution in [-0.4, -0.2) is 28.8 Å². The molecule has 1 atom stereocenters. The molecule has 0 bridgehead atoms. The zero-order chi connectivity index (χ0) is 16.1. The lowest BCUT2D eigenvalue weighted by atomic mass is 9.97. The van der Waals surface area contributed by atoms with Crippen LogP contribution in [0.1, 0.15) is 18.4 Å². The molecular weight excluding hydrogens is 314 g/mol. The predicted octanol–water partition coefficient (Wildman–Crippen LogP) is 2.68. The minimum Gasteiger partial charge on any atom is -0.493 e. The number of carbonyl (C=O) groups is 1. The number of halogens is 1. The summed E-state index contributed by atoms with van der Waals surface area (Å²) < 4.78 is 7.43. The number of aromatic nitrogens is 2. The molecule has 0 aliphatic carbocycles. The van der Waals surface area contributed by atoms with Crippen molar-refractivity contribution in [3.63, 3.8) is 0 Å². The molecule has 1 aromatic heterocycles. The van der Waals surface area contributed by atoms with Crippen LogP contribution in [0, 0.1) is 5.92 Å². The molecule has 3 rings (SSSR count). The lowest BCUT2D eigenvalue weighted by Gasteiger charge is -2.14. The van der Waals surface area contributed by atoms with Gasteiger partial charge in [-0.05, 0) is 30.4 Å². The van der Waals surface area contributed by atoms with Crippen LogP contribution in [0.25, 0.3) is 0 Å². The van der Waals surface area contributed by atoms with Crippen LogP contribution < -0.4 is 10.1 Å². The normalized spacial score (nSPS) is 17.0. The van der Waals surface area contributed by atoms with Gasteiger partial charge in [0, 0.05) is 25.7 Å². The van der Waals surface area contributed by atoms with Crippen molar-refractivity contribution < 1.29 is 9.53 Å². The maximum Gasteiger partial charge on any atom is 0.221 e. The molecule has 6 heteroatoms. The zero-order valence-electron chi connectivity index (χ0n) is 12.9. The molecule has 1 N–H and O–H groups in total. The number of carbonyl (C=O) groups excluding carboxylic acids is 1. The Morgan fingerprint density at radius 3 is 3.13 bits per heavy atom. The highest BCUT2D eigenvalue weighted by Crippen LogP contribution is 2.26. The van der Waals surface area contributed by atoms with Crippen LogP contribution in [0.4, 0.5) is 0 Å². The third kappa shape index (κ3) is 4.48. The van der Waals surface area contributed by atoms with Gasteiger partial charge in [0.05, 0.1) is 17.8 Å². The lowest BCUT2D eigenvalue weighted by Crippen LogP contribution is -2.31. The first-order valence-corrected chi connectivity index (χ1v) is 8.24. The first-order chi connectivity index (χ1) is 11.2. The fourth-order valence-corrected chi connectivity index (χ4v) is 2.92. The quantitative estimate of drug-likeness (QED) is 0.915. The largest absolute Gasteiger partial charge is 0.493 e. The molecular formula is C17H20ClN3O2. The predicted molar refractivity (Wildman–Crippen MR) is 88.6 cm³/mol. The summed E-state index contributed by atoms with van der Waals surface area (Å²) in [6.45, 7) is 1.91. The molecule has 0 saturated carbocycles. The van der Waals surface area contributed by atoms with Gasteiger partial charge >= 0.3 is 0 Å². The number of hydrogen-bond donors (Lipinski definition) is 1. The van der Waals surface area contributed by atoms with E-state index in [1.807, 2.05) is 18.2 Å². The third-order valence-corrected chi connectivity index (χ3v) is 4.22. The van der Waals surface area contributed by atoms with Crippen LogP contribution in [0.3, 0.4) is 0 Å². The fourth-order valence-electron chi connectivity index (χ4n) is 2.76. The summed E-state index contributed by atoms with van der Waals surface area (Å²) in [6.07, 6.45) is 5.57. The molecule has 2 aromatic rings. The molecule has 1 amide bonds. The Kier molecular flexibility index (Phi) is 5.18. The molecule has 122 valence electrons. The SMILES string of the molecule is O=C(CCn1cc(Cl)cn1)NC[C@H]1CCOc2ccccc2C1. The topological polar surface area (TPSA) is 56.2 Å². The molecule has 2 heterocycles. The Morgan fingerprint density at radius 2 is 2.30 bits per heavy atom. The van der Waals surface area contributed by atoms with Crippen molar-refractivity contribution in [1.29, 1.82) is 0 Å². The molecule has 1 aliphatic heterocycles. The summed E-state index contributed by atoms with van der Waals surface area (Å²) in [5.41, 5.74) is 1.22. The van der Waals surface area contributed by atoms with Gasteiger partial charge in [-0.2, -0.15) is 5.10 Å². The molecule has 0 spiro atoms. The number of benzene rings is 1. The van der Waals surface area contributed by atoms with E-state index in [2.05, 4.69) is 16.5 Å². The molecule has 1 aliphatic rings. The van der Waals surface area contributed by atoms with E-state index in [1.165, 1.54) is 5.56 Å². The molecule has 0 fully saturated rings. The molecule has 0 unspecified atom stereocenters. The average molecular weight is 334 g/mol. The van der Waals surface area contributed by atoms with Gasteiger partial charge in [0.15, 0.2) is 0 Å².